The third-order valence-corrected chi connectivity index (χ3v) is 4.69. The number of ether oxygens (including phenoxy) is 2. The highest BCUT2D eigenvalue weighted by atomic mass is 16.5. The lowest BCUT2D eigenvalue weighted by atomic mass is 9.98. The first-order chi connectivity index (χ1) is 14.1. The number of carbonyl (C=O) groups excluding carboxylic acids is 1. The zero-order valence-corrected chi connectivity index (χ0v) is 16.9. The molecular formula is C24H26N2O3. The first-order valence-corrected chi connectivity index (χ1v) is 9.47. The number of benzene rings is 3. The molecule has 0 saturated carbocycles. The highest BCUT2D eigenvalue weighted by molar-refractivity contribution is 5.94. The standard InChI is InChI=1S/C24H26N2O3/c1-17-9-11-19(12-10-17)24(18-7-5-4-6-8-18)25-16-23(27)26-21-15-20(28-2)13-14-22(21)29-3/h4-15,24-25H,16H2,1-3H3,(H,26,27)/t24-/m0/s1. The molecule has 2 N–H and O–H groups in total. The number of anilines is 1. The molecule has 3 aromatic carbocycles. The van der Waals surface area contributed by atoms with E-state index in [-0.39, 0.29) is 18.5 Å². The van der Waals surface area contributed by atoms with Crippen LogP contribution in [0.4, 0.5) is 5.69 Å². The molecule has 0 bridgehead atoms. The number of aryl methyl sites for hydroxylation is 1. The molecule has 1 atom stereocenters. The van der Waals surface area contributed by atoms with Gasteiger partial charge in [0, 0.05) is 6.07 Å². The van der Waals surface area contributed by atoms with Gasteiger partial charge in [0.1, 0.15) is 11.5 Å². The summed E-state index contributed by atoms with van der Waals surface area (Å²) < 4.78 is 10.6. The summed E-state index contributed by atoms with van der Waals surface area (Å²) in [7, 11) is 3.15. The van der Waals surface area contributed by atoms with Gasteiger partial charge in [0.25, 0.3) is 0 Å². The van der Waals surface area contributed by atoms with Crippen LogP contribution in [0.3, 0.4) is 0 Å². The van der Waals surface area contributed by atoms with Crippen molar-refractivity contribution in [2.45, 2.75) is 13.0 Å². The summed E-state index contributed by atoms with van der Waals surface area (Å²) in [6.45, 7) is 2.21. The maximum atomic E-state index is 12.6. The molecule has 0 aliphatic heterocycles. The minimum absolute atomic E-state index is 0.0882. The minimum atomic E-state index is -0.162. The Labute approximate surface area is 171 Å². The molecular weight excluding hydrogens is 364 g/mol. The first-order valence-electron chi connectivity index (χ1n) is 9.47. The average molecular weight is 390 g/mol. The van der Waals surface area contributed by atoms with E-state index < -0.39 is 0 Å². The van der Waals surface area contributed by atoms with E-state index in [0.717, 1.165) is 11.1 Å². The summed E-state index contributed by atoms with van der Waals surface area (Å²) in [4.78, 5) is 12.6. The van der Waals surface area contributed by atoms with E-state index in [1.165, 1.54) is 5.56 Å². The molecule has 0 fully saturated rings. The van der Waals surface area contributed by atoms with Crippen molar-refractivity contribution >= 4 is 11.6 Å². The second-order valence-corrected chi connectivity index (χ2v) is 6.75. The van der Waals surface area contributed by atoms with Crippen molar-refractivity contribution in [1.82, 2.24) is 5.32 Å². The zero-order valence-electron chi connectivity index (χ0n) is 16.9. The number of nitrogens with one attached hydrogen (secondary N) is 2. The number of amides is 1. The van der Waals surface area contributed by atoms with Crippen LogP contribution in [0.2, 0.25) is 0 Å². The van der Waals surface area contributed by atoms with Crippen molar-refractivity contribution < 1.29 is 14.3 Å². The Morgan fingerprint density at radius 1 is 0.897 bits per heavy atom. The molecule has 0 spiro atoms. The molecule has 1 amide bonds. The van der Waals surface area contributed by atoms with Crippen LogP contribution in [0.25, 0.3) is 0 Å². The third kappa shape index (κ3) is 5.36. The predicted molar refractivity (Wildman–Crippen MR) is 116 cm³/mol. The Balaban J connectivity index is 1.74. The topological polar surface area (TPSA) is 59.6 Å². The van der Waals surface area contributed by atoms with Crippen molar-refractivity contribution in [1.29, 1.82) is 0 Å². The molecule has 150 valence electrons. The van der Waals surface area contributed by atoms with E-state index in [0.29, 0.717) is 17.2 Å². The largest absolute Gasteiger partial charge is 0.497 e. The van der Waals surface area contributed by atoms with E-state index in [4.69, 9.17) is 9.47 Å². The van der Waals surface area contributed by atoms with Gasteiger partial charge < -0.3 is 14.8 Å². The fourth-order valence-electron chi connectivity index (χ4n) is 3.13. The third-order valence-electron chi connectivity index (χ3n) is 4.69. The van der Waals surface area contributed by atoms with Gasteiger partial charge in [0.15, 0.2) is 0 Å². The van der Waals surface area contributed by atoms with Crippen molar-refractivity contribution in [2.75, 3.05) is 26.1 Å². The molecule has 5 nitrogen and oxygen atoms in total. The predicted octanol–water partition coefficient (Wildman–Crippen LogP) is 4.33. The van der Waals surface area contributed by atoms with E-state index in [1.54, 1.807) is 32.4 Å². The Morgan fingerprint density at radius 3 is 2.24 bits per heavy atom. The number of hydrogen-bond acceptors (Lipinski definition) is 4. The molecule has 3 rings (SSSR count). The van der Waals surface area contributed by atoms with Gasteiger partial charge in [-0.25, -0.2) is 0 Å². The smallest absolute Gasteiger partial charge is 0.238 e. The molecule has 0 unspecified atom stereocenters. The Kier molecular flexibility index (Phi) is 6.87. The zero-order chi connectivity index (χ0) is 20.6. The second kappa shape index (κ2) is 9.75. The maximum Gasteiger partial charge on any atom is 0.238 e. The van der Waals surface area contributed by atoms with E-state index in [1.807, 2.05) is 18.2 Å². The van der Waals surface area contributed by atoms with E-state index in [2.05, 4.69) is 54.0 Å². The van der Waals surface area contributed by atoms with Crippen LogP contribution >= 0.6 is 0 Å². The lowest BCUT2D eigenvalue weighted by Crippen LogP contribution is -2.32. The Hall–Kier alpha value is -3.31. The molecule has 0 aliphatic carbocycles. The highest BCUT2D eigenvalue weighted by Gasteiger charge is 2.16. The summed E-state index contributed by atoms with van der Waals surface area (Å²) in [5, 5.41) is 6.27. The molecule has 3 aromatic rings. The summed E-state index contributed by atoms with van der Waals surface area (Å²) >= 11 is 0. The lowest BCUT2D eigenvalue weighted by Gasteiger charge is -2.20. The normalized spacial score (nSPS) is 11.6. The fourth-order valence-corrected chi connectivity index (χ4v) is 3.13. The summed E-state index contributed by atoms with van der Waals surface area (Å²) in [6.07, 6.45) is 0. The molecule has 29 heavy (non-hydrogen) atoms. The Bertz CT molecular complexity index is 940. The van der Waals surface area contributed by atoms with Crippen LogP contribution in [0.15, 0.2) is 72.8 Å². The van der Waals surface area contributed by atoms with Gasteiger partial charge in [-0.3, -0.25) is 10.1 Å². The molecule has 0 aromatic heterocycles. The molecule has 0 saturated heterocycles. The molecule has 0 aliphatic rings. The van der Waals surface area contributed by atoms with Crippen LogP contribution in [-0.4, -0.2) is 26.7 Å². The Morgan fingerprint density at radius 2 is 1.59 bits per heavy atom. The quantitative estimate of drug-likeness (QED) is 0.601. The van der Waals surface area contributed by atoms with Crippen LogP contribution < -0.4 is 20.1 Å². The SMILES string of the molecule is COc1ccc(OC)c(NC(=O)CN[C@@H](c2ccccc2)c2ccc(C)cc2)c1. The first kappa shape index (κ1) is 20.4. The average Bonchev–Trinajstić information content (AvgIpc) is 2.75. The molecule has 0 radical (unpaired) electrons. The van der Waals surface area contributed by atoms with Gasteiger partial charge in [-0.15, -0.1) is 0 Å². The lowest BCUT2D eigenvalue weighted by molar-refractivity contribution is -0.115. The van der Waals surface area contributed by atoms with Crippen LogP contribution in [-0.2, 0) is 4.79 Å². The summed E-state index contributed by atoms with van der Waals surface area (Å²) in [5.74, 6) is 1.07. The van der Waals surface area contributed by atoms with Crippen LogP contribution in [0, 0.1) is 6.92 Å². The van der Waals surface area contributed by atoms with Crippen LogP contribution in [0.5, 0.6) is 11.5 Å². The maximum absolute atomic E-state index is 12.6. The second-order valence-electron chi connectivity index (χ2n) is 6.75. The fraction of sp³-hybridized carbons (Fsp3) is 0.208. The van der Waals surface area contributed by atoms with Gasteiger partial charge in [-0.05, 0) is 30.2 Å². The van der Waals surface area contributed by atoms with Crippen molar-refractivity contribution in [3.63, 3.8) is 0 Å². The highest BCUT2D eigenvalue weighted by Crippen LogP contribution is 2.29. The number of hydrogen-bond donors (Lipinski definition) is 2. The summed E-state index contributed by atoms with van der Waals surface area (Å²) in [5.41, 5.74) is 3.98. The molecule has 0 heterocycles. The monoisotopic (exact) mass is 390 g/mol. The van der Waals surface area contributed by atoms with E-state index >= 15 is 0 Å². The summed E-state index contributed by atoms with van der Waals surface area (Å²) in [6, 6.07) is 23.6. The minimum Gasteiger partial charge on any atom is -0.497 e. The van der Waals surface area contributed by atoms with E-state index in [9.17, 15) is 4.79 Å². The van der Waals surface area contributed by atoms with Gasteiger partial charge in [0.2, 0.25) is 5.91 Å². The van der Waals surface area contributed by atoms with Crippen molar-refractivity contribution in [2.24, 2.45) is 0 Å². The molecule has 5 heteroatoms. The van der Waals surface area contributed by atoms with Crippen molar-refractivity contribution in [3.8, 4) is 11.5 Å². The number of carbonyl (C=O) groups is 1. The van der Waals surface area contributed by atoms with Gasteiger partial charge in [-0.1, -0.05) is 60.2 Å². The van der Waals surface area contributed by atoms with Crippen LogP contribution in [0.1, 0.15) is 22.7 Å². The number of methoxy groups -OCH3 is 2. The van der Waals surface area contributed by atoms with Gasteiger partial charge >= 0.3 is 0 Å². The van der Waals surface area contributed by atoms with Gasteiger partial charge in [0.05, 0.1) is 32.5 Å². The number of rotatable bonds is 8. The van der Waals surface area contributed by atoms with Gasteiger partial charge in [-0.2, -0.15) is 0 Å². The van der Waals surface area contributed by atoms with Crippen molar-refractivity contribution in [3.05, 3.63) is 89.5 Å².